The molecule has 1 amide bonds. The first-order valence-electron chi connectivity index (χ1n) is 33.6. The van der Waals surface area contributed by atoms with Gasteiger partial charge >= 0.3 is 5.97 Å². The van der Waals surface area contributed by atoms with Crippen LogP contribution in [0.5, 0.6) is 0 Å². The van der Waals surface area contributed by atoms with Gasteiger partial charge in [-0.05, 0) is 57.8 Å². The fraction of sp³-hybridized carbons (Fsp3) is 0.912. The van der Waals surface area contributed by atoms with E-state index >= 15 is 0 Å². The third-order valence-electron chi connectivity index (χ3n) is 15.7. The zero-order valence-electron chi connectivity index (χ0n) is 50.1. The van der Waals surface area contributed by atoms with Gasteiger partial charge in [0.15, 0.2) is 0 Å². The molecule has 0 aromatic heterocycles. The second kappa shape index (κ2) is 63.9. The fourth-order valence-corrected chi connectivity index (χ4v) is 10.6. The number of carbonyl (C=O) groups excluding carboxylic acids is 2. The van der Waals surface area contributed by atoms with Crippen LogP contribution in [0.4, 0.5) is 0 Å². The standard InChI is InChI=1S/C68H131NO5/c1-3-5-7-9-11-13-15-17-19-20-21-23-26-29-33-36-40-44-48-52-56-60-66(71)65(64-70)69-67(72)61-57-53-49-45-41-37-34-30-27-24-22-25-28-31-35-39-43-47-51-55-59-63-74-68(73)62-58-54-50-46-42-38-32-18-16-14-12-10-8-6-4-2/h24,27,56,60,65-66,70-71H,3-23,25-26,28-55,57-59,61-64H2,1-2H3,(H,69,72)/b27-24-,60-56+. The highest BCUT2D eigenvalue weighted by Gasteiger charge is 2.18. The molecular weight excluding hydrogens is 911 g/mol. The molecule has 0 aromatic rings. The average Bonchev–Trinajstić information content (AvgIpc) is 3.40. The quantitative estimate of drug-likeness (QED) is 0.0320. The molecule has 6 heteroatoms. The van der Waals surface area contributed by atoms with Crippen LogP contribution in [0, 0.1) is 0 Å². The largest absolute Gasteiger partial charge is 0.466 e. The van der Waals surface area contributed by atoms with E-state index in [1.807, 2.05) is 6.08 Å². The van der Waals surface area contributed by atoms with Gasteiger partial charge in [-0.1, -0.05) is 327 Å². The van der Waals surface area contributed by atoms with Crippen molar-refractivity contribution in [3.05, 3.63) is 24.3 Å². The molecule has 2 atom stereocenters. The van der Waals surface area contributed by atoms with Crippen LogP contribution < -0.4 is 5.32 Å². The number of allylic oxidation sites excluding steroid dienone is 3. The molecule has 438 valence electrons. The van der Waals surface area contributed by atoms with Crippen molar-refractivity contribution in [3.63, 3.8) is 0 Å². The Balaban J connectivity index is 3.44. The summed E-state index contributed by atoms with van der Waals surface area (Å²) in [6, 6.07) is -0.634. The molecule has 0 fully saturated rings. The minimum absolute atomic E-state index is 0.0112. The lowest BCUT2D eigenvalue weighted by molar-refractivity contribution is -0.143. The normalized spacial score (nSPS) is 12.6. The van der Waals surface area contributed by atoms with Gasteiger partial charge in [-0.15, -0.1) is 0 Å². The number of carbonyl (C=O) groups is 2. The summed E-state index contributed by atoms with van der Waals surface area (Å²) in [4.78, 5) is 24.6. The summed E-state index contributed by atoms with van der Waals surface area (Å²) >= 11 is 0. The third kappa shape index (κ3) is 59.6. The lowest BCUT2D eigenvalue weighted by atomic mass is 10.0. The Kier molecular flexibility index (Phi) is 62.4. The number of amides is 1. The van der Waals surface area contributed by atoms with Gasteiger partial charge in [0.2, 0.25) is 5.91 Å². The molecule has 0 radical (unpaired) electrons. The molecule has 0 aliphatic carbocycles. The van der Waals surface area contributed by atoms with Crippen molar-refractivity contribution in [1.29, 1.82) is 0 Å². The van der Waals surface area contributed by atoms with Crippen molar-refractivity contribution in [2.45, 2.75) is 386 Å². The summed E-state index contributed by atoms with van der Waals surface area (Å²) in [5.41, 5.74) is 0. The smallest absolute Gasteiger partial charge is 0.305 e. The van der Waals surface area contributed by atoms with Crippen molar-refractivity contribution in [2.24, 2.45) is 0 Å². The van der Waals surface area contributed by atoms with E-state index in [9.17, 15) is 19.8 Å². The van der Waals surface area contributed by atoms with Gasteiger partial charge in [0.1, 0.15) is 0 Å². The molecule has 0 saturated heterocycles. The lowest BCUT2D eigenvalue weighted by Gasteiger charge is -2.20. The minimum Gasteiger partial charge on any atom is -0.466 e. The predicted octanol–water partition coefficient (Wildman–Crippen LogP) is 21.4. The summed E-state index contributed by atoms with van der Waals surface area (Å²) < 4.78 is 5.49. The molecule has 0 rings (SSSR count). The molecule has 6 nitrogen and oxygen atoms in total. The monoisotopic (exact) mass is 1040 g/mol. The molecular formula is C68H131NO5. The summed E-state index contributed by atoms with van der Waals surface area (Å²) in [5, 5.41) is 23.2. The SMILES string of the molecule is CCCCCCCCCCCCCCCCCCCCC/C=C/C(O)C(CO)NC(=O)CCCCCCCCC/C=C\CCCCCCCCCCCCOC(=O)CCCCCCCCCCCCCCCCC. The summed E-state index contributed by atoms with van der Waals surface area (Å²) in [6.07, 6.45) is 79.5. The molecule has 0 bridgehead atoms. The third-order valence-corrected chi connectivity index (χ3v) is 15.7. The second-order valence-corrected chi connectivity index (χ2v) is 23.2. The maximum absolute atomic E-state index is 12.5. The zero-order chi connectivity index (χ0) is 53.6. The number of rotatable bonds is 63. The summed E-state index contributed by atoms with van der Waals surface area (Å²) in [5.74, 6) is -0.0609. The van der Waals surface area contributed by atoms with Gasteiger partial charge in [0.05, 0.1) is 25.4 Å². The van der Waals surface area contributed by atoms with Crippen LogP contribution in [-0.4, -0.2) is 47.4 Å². The Hall–Kier alpha value is -1.66. The van der Waals surface area contributed by atoms with Crippen molar-refractivity contribution in [2.75, 3.05) is 13.2 Å². The Morgan fingerprint density at radius 1 is 0.365 bits per heavy atom. The van der Waals surface area contributed by atoms with Gasteiger partial charge in [0, 0.05) is 12.8 Å². The Morgan fingerprint density at radius 3 is 0.959 bits per heavy atom. The fourth-order valence-electron chi connectivity index (χ4n) is 10.6. The molecule has 2 unspecified atom stereocenters. The number of aliphatic hydroxyl groups excluding tert-OH is 2. The van der Waals surface area contributed by atoms with Gasteiger partial charge in [-0.25, -0.2) is 0 Å². The number of hydrogen-bond donors (Lipinski definition) is 3. The van der Waals surface area contributed by atoms with E-state index < -0.39 is 12.1 Å². The highest BCUT2D eigenvalue weighted by atomic mass is 16.5. The van der Waals surface area contributed by atoms with Crippen LogP contribution in [0.15, 0.2) is 24.3 Å². The van der Waals surface area contributed by atoms with E-state index in [-0.39, 0.29) is 18.5 Å². The van der Waals surface area contributed by atoms with Crippen LogP contribution in [0.2, 0.25) is 0 Å². The molecule has 0 saturated carbocycles. The number of esters is 1. The molecule has 0 heterocycles. The van der Waals surface area contributed by atoms with Crippen LogP contribution >= 0.6 is 0 Å². The molecule has 3 N–H and O–H groups in total. The van der Waals surface area contributed by atoms with Gasteiger partial charge < -0.3 is 20.3 Å². The van der Waals surface area contributed by atoms with Gasteiger partial charge in [-0.2, -0.15) is 0 Å². The van der Waals surface area contributed by atoms with Crippen molar-refractivity contribution in [1.82, 2.24) is 5.32 Å². The number of aliphatic hydroxyl groups is 2. The van der Waals surface area contributed by atoms with E-state index in [2.05, 4.69) is 31.3 Å². The maximum atomic E-state index is 12.5. The van der Waals surface area contributed by atoms with E-state index in [4.69, 9.17) is 4.74 Å². The molecule has 0 aliphatic rings. The first kappa shape index (κ1) is 72.3. The van der Waals surface area contributed by atoms with Crippen LogP contribution in [0.3, 0.4) is 0 Å². The number of hydrogen-bond acceptors (Lipinski definition) is 5. The Bertz CT molecular complexity index is 1150. The highest BCUT2D eigenvalue weighted by Crippen LogP contribution is 2.18. The number of unbranched alkanes of at least 4 members (excludes halogenated alkanes) is 50. The highest BCUT2D eigenvalue weighted by molar-refractivity contribution is 5.76. The first-order valence-corrected chi connectivity index (χ1v) is 33.6. The Labute approximate surface area is 462 Å². The summed E-state index contributed by atoms with van der Waals surface area (Å²) in [6.45, 7) is 4.93. The molecule has 74 heavy (non-hydrogen) atoms. The van der Waals surface area contributed by atoms with Crippen molar-refractivity contribution in [3.8, 4) is 0 Å². The van der Waals surface area contributed by atoms with Crippen molar-refractivity contribution >= 4 is 11.9 Å². The number of ether oxygens (including phenoxy) is 1. The number of nitrogens with one attached hydrogen (secondary N) is 1. The van der Waals surface area contributed by atoms with Crippen LogP contribution in [-0.2, 0) is 14.3 Å². The molecule has 0 aromatic carbocycles. The van der Waals surface area contributed by atoms with E-state index in [1.54, 1.807) is 6.08 Å². The topological polar surface area (TPSA) is 95.9 Å². The first-order chi connectivity index (χ1) is 36.5. The summed E-state index contributed by atoms with van der Waals surface area (Å²) in [7, 11) is 0. The molecule has 0 aliphatic heterocycles. The predicted molar refractivity (Wildman–Crippen MR) is 324 cm³/mol. The van der Waals surface area contributed by atoms with Crippen LogP contribution in [0.25, 0.3) is 0 Å². The van der Waals surface area contributed by atoms with Crippen LogP contribution in [0.1, 0.15) is 373 Å². The van der Waals surface area contributed by atoms with Gasteiger partial charge in [-0.3, -0.25) is 9.59 Å². The van der Waals surface area contributed by atoms with E-state index in [0.717, 1.165) is 44.9 Å². The zero-order valence-corrected chi connectivity index (χ0v) is 50.1. The average molecular weight is 1040 g/mol. The van der Waals surface area contributed by atoms with Gasteiger partial charge in [0.25, 0.3) is 0 Å². The van der Waals surface area contributed by atoms with E-state index in [0.29, 0.717) is 19.4 Å². The van der Waals surface area contributed by atoms with Crippen molar-refractivity contribution < 1.29 is 24.5 Å². The molecule has 0 spiro atoms. The second-order valence-electron chi connectivity index (χ2n) is 23.2. The minimum atomic E-state index is -0.850. The maximum Gasteiger partial charge on any atom is 0.305 e. The van der Waals surface area contributed by atoms with E-state index in [1.165, 1.54) is 302 Å². The Morgan fingerprint density at radius 2 is 0.635 bits per heavy atom. The lowest BCUT2D eigenvalue weighted by Crippen LogP contribution is -2.45.